The zero-order valence-corrected chi connectivity index (χ0v) is 16.1. The Balaban J connectivity index is 1.46. The van der Waals surface area contributed by atoms with E-state index in [9.17, 15) is 0 Å². The number of hydrogen-bond donors (Lipinski definition) is 0. The fraction of sp³-hybridized carbons (Fsp3) is 0.783. The van der Waals surface area contributed by atoms with Crippen molar-refractivity contribution in [1.82, 2.24) is 4.98 Å². The third-order valence-corrected chi connectivity index (χ3v) is 5.63. The number of hydrogen-bond acceptors (Lipinski definition) is 1. The van der Waals surface area contributed by atoms with E-state index in [4.69, 9.17) is 0 Å². The SMILES string of the molecule is CCCCCCCCCCCCCCc1nccc2c1CCCC2. The smallest absolute Gasteiger partial charge is 0.0438 e. The molecule has 1 nitrogen and oxygen atoms in total. The van der Waals surface area contributed by atoms with Crippen LogP contribution in [0.1, 0.15) is 114 Å². The molecule has 1 aliphatic carbocycles. The minimum atomic E-state index is 1.21. The van der Waals surface area contributed by atoms with E-state index >= 15 is 0 Å². The topological polar surface area (TPSA) is 12.9 Å². The Morgan fingerprint density at radius 1 is 0.750 bits per heavy atom. The van der Waals surface area contributed by atoms with Crippen LogP contribution in [0, 0.1) is 0 Å². The van der Waals surface area contributed by atoms with Crippen LogP contribution >= 0.6 is 0 Å². The molecule has 0 saturated carbocycles. The highest BCUT2D eigenvalue weighted by molar-refractivity contribution is 5.32. The molecule has 0 aliphatic heterocycles. The second kappa shape index (κ2) is 12.5. The van der Waals surface area contributed by atoms with E-state index in [1.165, 1.54) is 115 Å². The van der Waals surface area contributed by atoms with Crippen molar-refractivity contribution in [3.05, 3.63) is 29.1 Å². The molecule has 1 heteroatoms. The first-order chi connectivity index (χ1) is 11.9. The van der Waals surface area contributed by atoms with Gasteiger partial charge in [-0.2, -0.15) is 0 Å². The van der Waals surface area contributed by atoms with E-state index in [1.807, 2.05) is 6.20 Å². The number of rotatable bonds is 13. The maximum atomic E-state index is 4.68. The standard InChI is InChI=1S/C23H39N/c1-2-3-4-5-6-7-8-9-10-11-12-13-18-23-22-17-15-14-16-21(22)19-20-24-23/h19-20H,2-18H2,1H3. The lowest BCUT2D eigenvalue weighted by molar-refractivity contribution is 0.542. The Hall–Kier alpha value is -0.850. The van der Waals surface area contributed by atoms with Crippen molar-refractivity contribution in [1.29, 1.82) is 0 Å². The van der Waals surface area contributed by atoms with Gasteiger partial charge in [-0.15, -0.1) is 0 Å². The number of pyridine rings is 1. The van der Waals surface area contributed by atoms with Gasteiger partial charge >= 0.3 is 0 Å². The van der Waals surface area contributed by atoms with E-state index in [0.29, 0.717) is 0 Å². The van der Waals surface area contributed by atoms with Crippen LogP contribution < -0.4 is 0 Å². The van der Waals surface area contributed by atoms with Gasteiger partial charge in [0.1, 0.15) is 0 Å². The van der Waals surface area contributed by atoms with Gasteiger partial charge in [-0.3, -0.25) is 4.98 Å². The molecule has 136 valence electrons. The molecule has 0 spiro atoms. The average molecular weight is 330 g/mol. The second-order valence-corrected chi connectivity index (χ2v) is 7.74. The van der Waals surface area contributed by atoms with E-state index in [2.05, 4.69) is 18.0 Å². The quantitative estimate of drug-likeness (QED) is 0.348. The molecule has 1 aliphatic rings. The van der Waals surface area contributed by atoms with E-state index in [0.717, 1.165) is 0 Å². The van der Waals surface area contributed by atoms with Crippen molar-refractivity contribution >= 4 is 0 Å². The first-order valence-electron chi connectivity index (χ1n) is 10.9. The van der Waals surface area contributed by atoms with E-state index in [-0.39, 0.29) is 0 Å². The molecule has 0 aromatic carbocycles. The molecule has 1 aromatic rings. The summed E-state index contributed by atoms with van der Waals surface area (Å²) in [5, 5.41) is 0. The number of aryl methyl sites for hydroxylation is 2. The van der Waals surface area contributed by atoms with Crippen LogP contribution in [-0.2, 0) is 19.3 Å². The molecule has 0 amide bonds. The van der Waals surface area contributed by atoms with Crippen molar-refractivity contribution in [3.8, 4) is 0 Å². The summed E-state index contributed by atoms with van der Waals surface area (Å²) < 4.78 is 0. The second-order valence-electron chi connectivity index (χ2n) is 7.74. The summed E-state index contributed by atoms with van der Waals surface area (Å²) in [6, 6.07) is 2.25. The molecular weight excluding hydrogens is 290 g/mol. The summed E-state index contributed by atoms with van der Waals surface area (Å²) in [5.74, 6) is 0. The maximum Gasteiger partial charge on any atom is 0.0438 e. The lowest BCUT2D eigenvalue weighted by Crippen LogP contribution is -2.08. The summed E-state index contributed by atoms with van der Waals surface area (Å²) in [5.41, 5.74) is 4.61. The van der Waals surface area contributed by atoms with Gasteiger partial charge in [-0.05, 0) is 55.7 Å². The van der Waals surface area contributed by atoms with Crippen molar-refractivity contribution in [2.45, 2.75) is 116 Å². The molecular formula is C23H39N. The molecule has 0 unspecified atom stereocenters. The van der Waals surface area contributed by atoms with E-state index < -0.39 is 0 Å². The largest absolute Gasteiger partial charge is 0.261 e. The molecule has 1 aromatic heterocycles. The number of nitrogens with zero attached hydrogens (tertiary/aromatic N) is 1. The highest BCUT2D eigenvalue weighted by Crippen LogP contribution is 2.24. The minimum Gasteiger partial charge on any atom is -0.261 e. The summed E-state index contributed by atoms with van der Waals surface area (Å²) >= 11 is 0. The normalized spacial score (nSPS) is 13.9. The lowest BCUT2D eigenvalue weighted by atomic mass is 9.89. The monoisotopic (exact) mass is 329 g/mol. The molecule has 0 atom stereocenters. The van der Waals surface area contributed by atoms with Crippen LogP contribution in [0.2, 0.25) is 0 Å². The Labute approximate surface area is 150 Å². The van der Waals surface area contributed by atoms with Crippen LogP contribution in [0.5, 0.6) is 0 Å². The Morgan fingerprint density at radius 2 is 1.33 bits per heavy atom. The van der Waals surface area contributed by atoms with Gasteiger partial charge < -0.3 is 0 Å². The molecule has 0 saturated heterocycles. The summed E-state index contributed by atoms with van der Waals surface area (Å²) in [7, 11) is 0. The molecule has 0 radical (unpaired) electrons. The molecule has 0 bridgehead atoms. The Bertz CT molecular complexity index is 438. The molecule has 1 heterocycles. The van der Waals surface area contributed by atoms with Gasteiger partial charge in [0.15, 0.2) is 0 Å². The van der Waals surface area contributed by atoms with Gasteiger partial charge in [0.05, 0.1) is 0 Å². The first-order valence-corrected chi connectivity index (χ1v) is 10.9. The summed E-state index contributed by atoms with van der Waals surface area (Å²) in [6.07, 6.45) is 25.7. The van der Waals surface area contributed by atoms with Gasteiger partial charge in [0, 0.05) is 11.9 Å². The zero-order chi connectivity index (χ0) is 16.9. The van der Waals surface area contributed by atoms with Crippen LogP contribution in [0.3, 0.4) is 0 Å². The lowest BCUT2D eigenvalue weighted by Gasteiger charge is -2.18. The van der Waals surface area contributed by atoms with Crippen LogP contribution in [-0.4, -0.2) is 4.98 Å². The Morgan fingerprint density at radius 3 is 2.00 bits per heavy atom. The van der Waals surface area contributed by atoms with Crippen molar-refractivity contribution < 1.29 is 0 Å². The molecule has 2 rings (SSSR count). The fourth-order valence-electron chi connectivity index (χ4n) is 4.09. The Kier molecular flexibility index (Phi) is 10.1. The third-order valence-electron chi connectivity index (χ3n) is 5.63. The first kappa shape index (κ1) is 19.5. The molecule has 0 fully saturated rings. The van der Waals surface area contributed by atoms with Crippen LogP contribution in [0.25, 0.3) is 0 Å². The van der Waals surface area contributed by atoms with Crippen molar-refractivity contribution in [3.63, 3.8) is 0 Å². The van der Waals surface area contributed by atoms with Crippen LogP contribution in [0.4, 0.5) is 0 Å². The fourth-order valence-corrected chi connectivity index (χ4v) is 4.09. The molecule has 0 N–H and O–H groups in total. The zero-order valence-electron chi connectivity index (χ0n) is 16.1. The number of aromatic nitrogens is 1. The van der Waals surface area contributed by atoms with Gasteiger partial charge in [0.25, 0.3) is 0 Å². The number of fused-ring (bicyclic) bond motifs is 1. The van der Waals surface area contributed by atoms with Crippen LogP contribution in [0.15, 0.2) is 12.3 Å². The summed E-state index contributed by atoms with van der Waals surface area (Å²) in [6.45, 7) is 2.29. The molecule has 24 heavy (non-hydrogen) atoms. The van der Waals surface area contributed by atoms with E-state index in [1.54, 1.807) is 11.1 Å². The van der Waals surface area contributed by atoms with Gasteiger partial charge in [-0.25, -0.2) is 0 Å². The number of unbranched alkanes of at least 4 members (excludes halogenated alkanes) is 11. The predicted molar refractivity (Wildman–Crippen MR) is 106 cm³/mol. The van der Waals surface area contributed by atoms with Crippen molar-refractivity contribution in [2.75, 3.05) is 0 Å². The van der Waals surface area contributed by atoms with Gasteiger partial charge in [0.2, 0.25) is 0 Å². The average Bonchev–Trinajstić information content (AvgIpc) is 2.63. The maximum absolute atomic E-state index is 4.68. The van der Waals surface area contributed by atoms with Gasteiger partial charge in [-0.1, -0.05) is 77.6 Å². The highest BCUT2D eigenvalue weighted by Gasteiger charge is 2.13. The minimum absolute atomic E-state index is 1.21. The summed E-state index contributed by atoms with van der Waals surface area (Å²) in [4.78, 5) is 4.68. The van der Waals surface area contributed by atoms with Crippen molar-refractivity contribution in [2.24, 2.45) is 0 Å². The highest BCUT2D eigenvalue weighted by atomic mass is 14.7. The third kappa shape index (κ3) is 7.36. The predicted octanol–water partition coefficient (Wildman–Crippen LogP) is 7.20.